The van der Waals surface area contributed by atoms with Crippen molar-refractivity contribution in [1.82, 2.24) is 19.8 Å². The van der Waals surface area contributed by atoms with Crippen molar-refractivity contribution in [3.8, 4) is 5.75 Å². The van der Waals surface area contributed by atoms with Gasteiger partial charge in [0.15, 0.2) is 0 Å². The Hall–Kier alpha value is -4.18. The van der Waals surface area contributed by atoms with Gasteiger partial charge in [0, 0.05) is 45.1 Å². The predicted molar refractivity (Wildman–Crippen MR) is 139 cm³/mol. The number of amides is 2. The van der Waals surface area contributed by atoms with Crippen LogP contribution in [0.3, 0.4) is 0 Å². The Balaban J connectivity index is 1.31. The van der Waals surface area contributed by atoms with Gasteiger partial charge in [-0.25, -0.2) is 9.97 Å². The Morgan fingerprint density at radius 3 is 2.51 bits per heavy atom. The minimum atomic E-state index is -0.280. The molecule has 2 aliphatic heterocycles. The molecule has 2 aliphatic rings. The molecule has 1 N–H and O–H groups in total. The van der Waals surface area contributed by atoms with Gasteiger partial charge in [0.2, 0.25) is 5.91 Å². The maximum Gasteiger partial charge on any atom is 0.258 e. The Morgan fingerprint density at radius 1 is 0.865 bits per heavy atom. The van der Waals surface area contributed by atoms with Crippen LogP contribution in [0.15, 0.2) is 67.0 Å². The average molecular weight is 503 g/mol. The third-order valence-electron chi connectivity index (χ3n) is 6.39. The fourth-order valence-electron chi connectivity index (χ4n) is 4.40. The molecule has 0 saturated carbocycles. The standard InChI is InChI=1S/C27H30N6O4/c34-25(32-14-12-31(13-15-32)24-9-3-4-10-28-24)20-33-16-17-36-18-19-37-23-8-2-1-7-22(23)30-26-21(27(33)35)6-5-11-29-26/h1-11H,12-20H2,(H,29,30). The van der Waals surface area contributed by atoms with Crippen molar-refractivity contribution in [3.05, 3.63) is 72.6 Å². The second-order valence-electron chi connectivity index (χ2n) is 8.76. The number of pyridine rings is 2. The third kappa shape index (κ3) is 5.97. The molecule has 10 heteroatoms. The zero-order valence-corrected chi connectivity index (χ0v) is 20.6. The number of nitrogens with zero attached hydrogens (tertiary/aromatic N) is 5. The average Bonchev–Trinajstić information content (AvgIpc) is 2.96. The second kappa shape index (κ2) is 11.7. The lowest BCUT2D eigenvalue weighted by atomic mass is 10.2. The molecule has 0 aliphatic carbocycles. The summed E-state index contributed by atoms with van der Waals surface area (Å²) < 4.78 is 11.6. The summed E-state index contributed by atoms with van der Waals surface area (Å²) >= 11 is 0. The van der Waals surface area contributed by atoms with Crippen LogP contribution in [0.4, 0.5) is 17.3 Å². The molecule has 0 spiro atoms. The summed E-state index contributed by atoms with van der Waals surface area (Å²) in [6.45, 7) is 3.79. The van der Waals surface area contributed by atoms with E-state index in [1.54, 1.807) is 34.3 Å². The first-order valence-electron chi connectivity index (χ1n) is 12.4. The van der Waals surface area contributed by atoms with Gasteiger partial charge in [-0.15, -0.1) is 0 Å². The molecule has 0 unspecified atom stereocenters. The molecule has 10 nitrogen and oxygen atoms in total. The first kappa shape index (κ1) is 24.5. The smallest absolute Gasteiger partial charge is 0.258 e. The lowest BCUT2D eigenvalue weighted by molar-refractivity contribution is -0.132. The van der Waals surface area contributed by atoms with E-state index in [-0.39, 0.29) is 24.9 Å². The molecular formula is C27H30N6O4. The van der Waals surface area contributed by atoms with E-state index in [1.807, 2.05) is 42.5 Å². The molecule has 37 heavy (non-hydrogen) atoms. The number of anilines is 3. The monoisotopic (exact) mass is 502 g/mol. The number of benzene rings is 1. The van der Waals surface area contributed by atoms with Gasteiger partial charge in [-0.2, -0.15) is 0 Å². The fraction of sp³-hybridized carbons (Fsp3) is 0.333. The summed E-state index contributed by atoms with van der Waals surface area (Å²) in [5.74, 6) is 1.59. The van der Waals surface area contributed by atoms with Crippen molar-refractivity contribution in [2.24, 2.45) is 0 Å². The maximum atomic E-state index is 13.7. The molecule has 192 valence electrons. The summed E-state index contributed by atoms with van der Waals surface area (Å²) in [7, 11) is 0. The maximum absolute atomic E-state index is 13.7. The van der Waals surface area contributed by atoms with Gasteiger partial charge in [-0.05, 0) is 36.4 Å². The third-order valence-corrected chi connectivity index (χ3v) is 6.39. The van der Waals surface area contributed by atoms with Crippen LogP contribution in [0.1, 0.15) is 10.4 Å². The normalized spacial score (nSPS) is 16.8. The number of aromatic nitrogens is 2. The second-order valence-corrected chi connectivity index (χ2v) is 8.76. The zero-order chi connectivity index (χ0) is 25.5. The molecule has 1 fully saturated rings. The van der Waals surface area contributed by atoms with Crippen LogP contribution in [0, 0.1) is 0 Å². The van der Waals surface area contributed by atoms with Gasteiger partial charge < -0.3 is 29.5 Å². The Morgan fingerprint density at radius 2 is 1.68 bits per heavy atom. The van der Waals surface area contributed by atoms with E-state index < -0.39 is 0 Å². The quantitative estimate of drug-likeness (QED) is 0.583. The topological polar surface area (TPSA) is 100 Å². The fourth-order valence-corrected chi connectivity index (χ4v) is 4.40. The number of rotatable bonds is 3. The van der Waals surface area contributed by atoms with E-state index in [9.17, 15) is 9.59 Å². The summed E-state index contributed by atoms with van der Waals surface area (Å²) in [5, 5.41) is 3.24. The van der Waals surface area contributed by atoms with Crippen molar-refractivity contribution in [2.75, 3.05) is 69.3 Å². The van der Waals surface area contributed by atoms with Gasteiger partial charge in [-0.3, -0.25) is 9.59 Å². The summed E-state index contributed by atoms with van der Waals surface area (Å²) in [5.41, 5.74) is 1.08. The number of hydrogen-bond acceptors (Lipinski definition) is 8. The molecule has 2 amide bonds. The first-order chi connectivity index (χ1) is 18.2. The Bertz CT molecular complexity index is 1220. The van der Waals surface area contributed by atoms with Crippen molar-refractivity contribution >= 4 is 29.1 Å². The highest BCUT2D eigenvalue weighted by molar-refractivity contribution is 6.01. The molecule has 1 aromatic carbocycles. The van der Waals surface area contributed by atoms with E-state index in [2.05, 4.69) is 20.2 Å². The van der Waals surface area contributed by atoms with E-state index >= 15 is 0 Å². The zero-order valence-electron chi connectivity index (χ0n) is 20.6. The highest BCUT2D eigenvalue weighted by Crippen LogP contribution is 2.28. The lowest BCUT2D eigenvalue weighted by Crippen LogP contribution is -2.52. The molecule has 1 saturated heterocycles. The molecule has 2 aromatic heterocycles. The van der Waals surface area contributed by atoms with Crippen LogP contribution in [-0.2, 0) is 9.53 Å². The Labute approximate surface area is 215 Å². The molecule has 0 radical (unpaired) electrons. The van der Waals surface area contributed by atoms with Gasteiger partial charge in [0.1, 0.15) is 30.5 Å². The van der Waals surface area contributed by atoms with Crippen molar-refractivity contribution < 1.29 is 19.1 Å². The van der Waals surface area contributed by atoms with Crippen molar-refractivity contribution in [1.29, 1.82) is 0 Å². The number of hydrogen-bond donors (Lipinski definition) is 1. The summed E-state index contributed by atoms with van der Waals surface area (Å²) in [6.07, 6.45) is 3.39. The minimum Gasteiger partial charge on any atom is -0.489 e. The van der Waals surface area contributed by atoms with Gasteiger partial charge in [0.05, 0.1) is 24.5 Å². The summed E-state index contributed by atoms with van der Waals surface area (Å²) in [4.78, 5) is 41.3. The van der Waals surface area contributed by atoms with Crippen LogP contribution in [0.25, 0.3) is 0 Å². The van der Waals surface area contributed by atoms with E-state index in [4.69, 9.17) is 9.47 Å². The first-order valence-corrected chi connectivity index (χ1v) is 12.4. The number of nitrogens with one attached hydrogen (secondary N) is 1. The SMILES string of the molecule is O=C(CN1CCOCCOc2ccccc2Nc2ncccc2C1=O)N1CCN(c2ccccn2)CC1. The van der Waals surface area contributed by atoms with Gasteiger partial charge in [-0.1, -0.05) is 18.2 Å². The summed E-state index contributed by atoms with van der Waals surface area (Å²) in [6, 6.07) is 16.7. The van der Waals surface area contributed by atoms with Crippen LogP contribution in [0.5, 0.6) is 5.75 Å². The van der Waals surface area contributed by atoms with E-state index in [1.165, 1.54) is 0 Å². The number of fused-ring (bicyclic) bond motifs is 2. The number of carbonyl (C=O) groups excluding carboxylic acids is 2. The highest BCUT2D eigenvalue weighted by atomic mass is 16.5. The molecule has 0 atom stereocenters. The molecule has 5 rings (SSSR count). The largest absolute Gasteiger partial charge is 0.489 e. The van der Waals surface area contributed by atoms with Crippen molar-refractivity contribution in [3.63, 3.8) is 0 Å². The predicted octanol–water partition coefficient (Wildman–Crippen LogP) is 2.42. The minimum absolute atomic E-state index is 0.0345. The van der Waals surface area contributed by atoms with Crippen LogP contribution >= 0.6 is 0 Å². The van der Waals surface area contributed by atoms with Crippen LogP contribution < -0.4 is 15.0 Å². The van der Waals surface area contributed by atoms with Crippen molar-refractivity contribution in [2.45, 2.75) is 0 Å². The molecule has 3 aromatic rings. The lowest BCUT2D eigenvalue weighted by Gasteiger charge is -2.36. The Kier molecular flexibility index (Phi) is 7.75. The van der Waals surface area contributed by atoms with Gasteiger partial charge >= 0.3 is 0 Å². The molecule has 0 bridgehead atoms. The molecular weight excluding hydrogens is 472 g/mol. The molecule has 4 heterocycles. The van der Waals surface area contributed by atoms with Crippen LogP contribution in [-0.4, -0.2) is 90.7 Å². The van der Waals surface area contributed by atoms with E-state index in [0.29, 0.717) is 68.8 Å². The number of ether oxygens (including phenoxy) is 2. The number of para-hydroxylation sites is 2. The highest BCUT2D eigenvalue weighted by Gasteiger charge is 2.27. The number of piperazine rings is 1. The van der Waals surface area contributed by atoms with Gasteiger partial charge in [0.25, 0.3) is 5.91 Å². The van der Waals surface area contributed by atoms with Crippen LogP contribution in [0.2, 0.25) is 0 Å². The van der Waals surface area contributed by atoms with E-state index in [0.717, 1.165) is 5.82 Å². The number of carbonyl (C=O) groups is 2.